The van der Waals surface area contributed by atoms with E-state index in [2.05, 4.69) is 10.3 Å². The van der Waals surface area contributed by atoms with Gasteiger partial charge >= 0.3 is 18.2 Å². The van der Waals surface area contributed by atoms with E-state index in [1.165, 1.54) is 36.4 Å². The number of halogens is 3. The highest BCUT2D eigenvalue weighted by Gasteiger charge is 2.36. The van der Waals surface area contributed by atoms with Crippen molar-refractivity contribution in [2.24, 2.45) is 0 Å². The molecule has 0 aliphatic carbocycles. The van der Waals surface area contributed by atoms with E-state index in [-0.39, 0.29) is 43.1 Å². The summed E-state index contributed by atoms with van der Waals surface area (Å²) in [6, 6.07) is 12.1. The first kappa shape index (κ1) is 32.3. The standard InChI is InChI=1S/C32H35F3N4O5/c1-31(2,3)44-30(42)39-15-13-38(14-16-39)26-10-6-9-25(32(33,34)35)27(26)37-28(40)23-8-5-7-21(17-23)11-12-22-18-24(20-36-19-22)29(41)43-4/h5-10,17-20H,11-16H2,1-4H3,(H,37,40). The van der Waals surface area contributed by atoms with Crippen molar-refractivity contribution in [2.45, 2.75) is 45.4 Å². The Morgan fingerprint density at radius 3 is 2.20 bits per heavy atom. The number of aryl methyl sites for hydroxylation is 2. The van der Waals surface area contributed by atoms with Crippen LogP contribution in [0, 0.1) is 0 Å². The predicted octanol–water partition coefficient (Wildman–Crippen LogP) is 5.98. The molecule has 1 aromatic heterocycles. The zero-order chi connectivity index (χ0) is 32.1. The number of anilines is 2. The van der Waals surface area contributed by atoms with Crippen LogP contribution in [-0.4, -0.2) is 66.7 Å². The summed E-state index contributed by atoms with van der Waals surface area (Å²) in [7, 11) is 1.29. The van der Waals surface area contributed by atoms with Crippen LogP contribution in [0.5, 0.6) is 0 Å². The summed E-state index contributed by atoms with van der Waals surface area (Å²) in [4.78, 5) is 44.9. The van der Waals surface area contributed by atoms with E-state index < -0.39 is 35.3 Å². The molecule has 0 unspecified atom stereocenters. The predicted molar refractivity (Wildman–Crippen MR) is 159 cm³/mol. The van der Waals surface area contributed by atoms with Crippen LogP contribution >= 0.6 is 0 Å². The van der Waals surface area contributed by atoms with Crippen LogP contribution in [0.2, 0.25) is 0 Å². The number of ether oxygens (including phenoxy) is 2. The second-order valence-corrected chi connectivity index (χ2v) is 11.4. The first-order valence-corrected chi connectivity index (χ1v) is 14.1. The number of nitrogens with zero attached hydrogens (tertiary/aromatic N) is 3. The molecule has 234 valence electrons. The van der Waals surface area contributed by atoms with Crippen molar-refractivity contribution in [1.29, 1.82) is 0 Å². The molecule has 44 heavy (non-hydrogen) atoms. The second-order valence-electron chi connectivity index (χ2n) is 11.4. The van der Waals surface area contributed by atoms with Gasteiger partial charge in [0.2, 0.25) is 0 Å². The van der Waals surface area contributed by atoms with Crippen molar-refractivity contribution in [3.05, 3.63) is 88.7 Å². The van der Waals surface area contributed by atoms with Gasteiger partial charge in [-0.2, -0.15) is 13.2 Å². The first-order valence-electron chi connectivity index (χ1n) is 14.1. The molecule has 2 amide bonds. The van der Waals surface area contributed by atoms with Gasteiger partial charge in [0.05, 0.1) is 29.6 Å². The van der Waals surface area contributed by atoms with Gasteiger partial charge in [-0.1, -0.05) is 18.2 Å². The SMILES string of the molecule is COC(=O)c1cncc(CCc2cccc(C(=O)Nc3c(N4CCN(C(=O)OC(C)(C)C)CC4)cccc3C(F)(F)F)c2)c1. The number of methoxy groups -OCH3 is 1. The number of alkyl halides is 3. The van der Waals surface area contributed by atoms with E-state index in [9.17, 15) is 27.6 Å². The summed E-state index contributed by atoms with van der Waals surface area (Å²) in [6.45, 7) is 6.29. The Labute approximate surface area is 254 Å². The van der Waals surface area contributed by atoms with Gasteiger partial charge in [0.1, 0.15) is 5.60 Å². The van der Waals surface area contributed by atoms with Crippen LogP contribution in [0.25, 0.3) is 0 Å². The van der Waals surface area contributed by atoms with Gasteiger partial charge in [-0.15, -0.1) is 0 Å². The highest BCUT2D eigenvalue weighted by Crippen LogP contribution is 2.40. The molecule has 12 heteroatoms. The molecule has 1 saturated heterocycles. The number of benzene rings is 2. The van der Waals surface area contributed by atoms with Gasteiger partial charge in [-0.05, 0) is 75.1 Å². The van der Waals surface area contributed by atoms with Gasteiger partial charge in [0.25, 0.3) is 5.91 Å². The molecule has 2 heterocycles. The maximum absolute atomic E-state index is 14.1. The number of amides is 2. The Morgan fingerprint density at radius 1 is 0.886 bits per heavy atom. The second kappa shape index (κ2) is 13.4. The third kappa shape index (κ3) is 8.27. The van der Waals surface area contributed by atoms with Gasteiger partial charge in [0, 0.05) is 44.1 Å². The fourth-order valence-corrected chi connectivity index (χ4v) is 4.82. The van der Waals surface area contributed by atoms with E-state index in [1.807, 2.05) is 6.07 Å². The van der Waals surface area contributed by atoms with Crippen LogP contribution in [0.3, 0.4) is 0 Å². The fourth-order valence-electron chi connectivity index (χ4n) is 4.82. The van der Waals surface area contributed by atoms with Crippen molar-refractivity contribution in [2.75, 3.05) is 43.5 Å². The van der Waals surface area contributed by atoms with E-state index in [1.54, 1.807) is 50.1 Å². The first-order chi connectivity index (χ1) is 20.7. The molecular weight excluding hydrogens is 577 g/mol. The smallest absolute Gasteiger partial charge is 0.418 e. The molecule has 4 rings (SSSR count). The van der Waals surface area contributed by atoms with E-state index in [4.69, 9.17) is 9.47 Å². The number of carbonyl (C=O) groups is 3. The number of esters is 1. The fraction of sp³-hybridized carbons (Fsp3) is 0.375. The number of hydrogen-bond donors (Lipinski definition) is 1. The minimum Gasteiger partial charge on any atom is -0.465 e. The summed E-state index contributed by atoms with van der Waals surface area (Å²) >= 11 is 0. The number of carbonyl (C=O) groups excluding carboxylic acids is 3. The Balaban J connectivity index is 1.51. The summed E-state index contributed by atoms with van der Waals surface area (Å²) < 4.78 is 52.5. The molecule has 0 saturated carbocycles. The Hall–Kier alpha value is -4.61. The van der Waals surface area contributed by atoms with Crippen LogP contribution in [-0.2, 0) is 28.5 Å². The molecule has 3 aromatic rings. The van der Waals surface area contributed by atoms with Crippen molar-refractivity contribution < 1.29 is 37.0 Å². The third-order valence-electron chi connectivity index (χ3n) is 6.97. The van der Waals surface area contributed by atoms with Gasteiger partial charge in [0.15, 0.2) is 0 Å². The molecule has 0 spiro atoms. The van der Waals surface area contributed by atoms with Crippen LogP contribution in [0.1, 0.15) is 58.2 Å². The van der Waals surface area contributed by atoms with Crippen molar-refractivity contribution in [1.82, 2.24) is 9.88 Å². The highest BCUT2D eigenvalue weighted by atomic mass is 19.4. The average molecular weight is 613 g/mol. The number of nitrogens with one attached hydrogen (secondary N) is 1. The van der Waals surface area contributed by atoms with Gasteiger partial charge in [-0.3, -0.25) is 9.78 Å². The number of aromatic nitrogens is 1. The molecule has 1 aliphatic heterocycles. The van der Waals surface area contributed by atoms with Crippen molar-refractivity contribution in [3.63, 3.8) is 0 Å². The number of hydrogen-bond acceptors (Lipinski definition) is 7. The lowest BCUT2D eigenvalue weighted by molar-refractivity contribution is -0.136. The highest BCUT2D eigenvalue weighted by molar-refractivity contribution is 6.06. The number of rotatable bonds is 7. The lowest BCUT2D eigenvalue weighted by Gasteiger charge is -2.37. The quantitative estimate of drug-likeness (QED) is 0.328. The zero-order valence-corrected chi connectivity index (χ0v) is 25.0. The minimum atomic E-state index is -4.72. The lowest BCUT2D eigenvalue weighted by atomic mass is 10.0. The van der Waals surface area contributed by atoms with Gasteiger partial charge in [-0.25, -0.2) is 9.59 Å². The van der Waals surface area contributed by atoms with E-state index >= 15 is 0 Å². The summed E-state index contributed by atoms with van der Waals surface area (Å²) in [5, 5.41) is 2.52. The maximum Gasteiger partial charge on any atom is 0.418 e. The summed E-state index contributed by atoms with van der Waals surface area (Å²) in [6.07, 6.45) is -1.15. The Morgan fingerprint density at radius 2 is 1.55 bits per heavy atom. The summed E-state index contributed by atoms with van der Waals surface area (Å²) in [5.74, 6) is -1.19. The molecule has 0 bridgehead atoms. The molecule has 2 aromatic carbocycles. The molecular formula is C32H35F3N4O5. The number of piperazine rings is 1. The number of para-hydroxylation sites is 1. The topological polar surface area (TPSA) is 101 Å². The summed E-state index contributed by atoms with van der Waals surface area (Å²) in [5.41, 5.74) is 0.328. The molecule has 1 fully saturated rings. The van der Waals surface area contributed by atoms with Crippen molar-refractivity contribution in [3.8, 4) is 0 Å². The largest absolute Gasteiger partial charge is 0.465 e. The van der Waals surface area contributed by atoms with Crippen LogP contribution in [0.15, 0.2) is 60.9 Å². The van der Waals surface area contributed by atoms with Crippen molar-refractivity contribution >= 4 is 29.3 Å². The zero-order valence-electron chi connectivity index (χ0n) is 25.0. The van der Waals surface area contributed by atoms with E-state index in [0.29, 0.717) is 18.4 Å². The van der Waals surface area contributed by atoms with Gasteiger partial charge < -0.3 is 24.6 Å². The number of pyridine rings is 1. The van der Waals surface area contributed by atoms with Crippen LogP contribution in [0.4, 0.5) is 29.3 Å². The van der Waals surface area contributed by atoms with E-state index in [0.717, 1.165) is 17.2 Å². The minimum absolute atomic E-state index is 0.196. The average Bonchev–Trinajstić information content (AvgIpc) is 2.98. The third-order valence-corrected chi connectivity index (χ3v) is 6.97. The van der Waals surface area contributed by atoms with Crippen LogP contribution < -0.4 is 10.2 Å². The molecule has 9 nitrogen and oxygen atoms in total. The Kier molecular flexibility index (Phi) is 9.81. The molecule has 0 atom stereocenters. The normalized spacial score (nSPS) is 13.8. The molecule has 0 radical (unpaired) electrons. The Bertz CT molecular complexity index is 1510. The lowest BCUT2D eigenvalue weighted by Crippen LogP contribution is -2.50. The monoisotopic (exact) mass is 612 g/mol. The molecule has 1 N–H and O–H groups in total. The maximum atomic E-state index is 14.1. The molecule has 1 aliphatic rings.